The van der Waals surface area contributed by atoms with Crippen molar-refractivity contribution in [2.75, 3.05) is 12.4 Å². The minimum atomic E-state index is 0.571. The van der Waals surface area contributed by atoms with Gasteiger partial charge in [-0.3, -0.25) is 4.90 Å². The van der Waals surface area contributed by atoms with E-state index >= 15 is 0 Å². The lowest BCUT2D eigenvalue weighted by Gasteiger charge is -2.15. The smallest absolute Gasteiger partial charge is 0.0345 e. The topological polar surface area (TPSA) is 15.3 Å². The van der Waals surface area contributed by atoms with Crippen LogP contribution in [0.25, 0.3) is 0 Å². The van der Waals surface area contributed by atoms with Crippen LogP contribution in [-0.2, 0) is 13.1 Å². The van der Waals surface area contributed by atoms with Crippen molar-refractivity contribution in [1.82, 2.24) is 4.90 Å². The second kappa shape index (κ2) is 4.88. The number of rotatable bonds is 4. The molecule has 1 heterocycles. The molecule has 1 atom stereocenters. The third-order valence-corrected chi connectivity index (χ3v) is 3.22. The van der Waals surface area contributed by atoms with E-state index in [4.69, 9.17) is 0 Å². The van der Waals surface area contributed by atoms with Crippen LogP contribution in [0, 0.1) is 0 Å². The Morgan fingerprint density at radius 3 is 2.81 bits per heavy atom. The third-order valence-electron chi connectivity index (χ3n) is 3.22. The van der Waals surface area contributed by atoms with Crippen LogP contribution < -0.4 is 5.32 Å². The van der Waals surface area contributed by atoms with E-state index in [0.717, 1.165) is 13.1 Å². The Bertz CT molecular complexity index is 360. The van der Waals surface area contributed by atoms with Gasteiger partial charge in [-0.2, -0.15) is 0 Å². The maximum absolute atomic E-state index is 3.57. The summed E-state index contributed by atoms with van der Waals surface area (Å²) in [6.07, 6.45) is 2.47. The second-order valence-electron chi connectivity index (χ2n) is 4.99. The second-order valence-corrected chi connectivity index (χ2v) is 4.99. The van der Waals surface area contributed by atoms with Gasteiger partial charge in [0, 0.05) is 24.8 Å². The molecule has 1 aromatic rings. The highest BCUT2D eigenvalue weighted by Gasteiger charge is 2.15. The molecular weight excluding hydrogens is 196 g/mol. The van der Waals surface area contributed by atoms with Crippen molar-refractivity contribution in [1.29, 1.82) is 0 Å². The van der Waals surface area contributed by atoms with Gasteiger partial charge in [0.05, 0.1) is 0 Å². The summed E-state index contributed by atoms with van der Waals surface area (Å²) in [6.45, 7) is 6.67. The normalized spacial score (nSPS) is 17.2. The van der Waals surface area contributed by atoms with E-state index in [1.807, 2.05) is 0 Å². The Labute approximate surface area is 98.7 Å². The van der Waals surface area contributed by atoms with E-state index in [9.17, 15) is 0 Å². The average Bonchev–Trinajstić information content (AvgIpc) is 2.57. The molecule has 0 radical (unpaired) electrons. The zero-order chi connectivity index (χ0) is 11.5. The fourth-order valence-corrected chi connectivity index (χ4v) is 2.44. The first-order valence-electron chi connectivity index (χ1n) is 6.26. The Hall–Kier alpha value is -1.02. The summed E-state index contributed by atoms with van der Waals surface area (Å²) in [5.74, 6) is 0. The van der Waals surface area contributed by atoms with Gasteiger partial charge in [0.25, 0.3) is 0 Å². The summed E-state index contributed by atoms with van der Waals surface area (Å²) in [6, 6.07) is 7.36. The van der Waals surface area contributed by atoms with Crippen LogP contribution in [-0.4, -0.2) is 18.0 Å². The lowest BCUT2D eigenvalue weighted by Crippen LogP contribution is -2.14. The first-order chi connectivity index (χ1) is 7.69. The number of nitrogens with one attached hydrogen (secondary N) is 1. The van der Waals surface area contributed by atoms with E-state index in [-0.39, 0.29) is 0 Å². The van der Waals surface area contributed by atoms with E-state index in [1.165, 1.54) is 29.7 Å². The molecule has 0 bridgehead atoms. The Kier molecular flexibility index (Phi) is 3.49. The maximum atomic E-state index is 3.57. The monoisotopic (exact) mass is 218 g/mol. The van der Waals surface area contributed by atoms with Crippen molar-refractivity contribution in [2.45, 2.75) is 45.8 Å². The largest absolute Gasteiger partial charge is 0.383 e. The first kappa shape index (κ1) is 11.5. The Morgan fingerprint density at radius 1 is 1.31 bits per heavy atom. The molecule has 1 N–H and O–H groups in total. The van der Waals surface area contributed by atoms with Crippen LogP contribution in [0.2, 0.25) is 0 Å². The van der Waals surface area contributed by atoms with Gasteiger partial charge >= 0.3 is 0 Å². The van der Waals surface area contributed by atoms with Gasteiger partial charge in [0.1, 0.15) is 0 Å². The van der Waals surface area contributed by atoms with Crippen molar-refractivity contribution in [2.24, 2.45) is 0 Å². The molecule has 0 saturated heterocycles. The molecule has 1 aliphatic rings. The molecular formula is C14H22N2. The maximum Gasteiger partial charge on any atom is 0.0345 e. The highest BCUT2D eigenvalue weighted by Crippen LogP contribution is 2.24. The van der Waals surface area contributed by atoms with Crippen LogP contribution in [0.5, 0.6) is 0 Å². The summed E-state index contributed by atoms with van der Waals surface area (Å²) < 4.78 is 0. The lowest BCUT2D eigenvalue weighted by molar-refractivity contribution is 0.353. The number of benzene rings is 1. The van der Waals surface area contributed by atoms with E-state index in [1.54, 1.807) is 0 Å². The molecule has 0 aromatic heterocycles. The predicted molar refractivity (Wildman–Crippen MR) is 69.6 cm³/mol. The van der Waals surface area contributed by atoms with Crippen molar-refractivity contribution >= 4 is 5.69 Å². The zero-order valence-electron chi connectivity index (χ0n) is 10.6. The third kappa shape index (κ3) is 2.56. The van der Waals surface area contributed by atoms with Crippen molar-refractivity contribution in [3.8, 4) is 0 Å². The molecule has 16 heavy (non-hydrogen) atoms. The molecule has 0 spiro atoms. The molecule has 1 unspecified atom stereocenters. The summed E-state index contributed by atoms with van der Waals surface area (Å²) in [5.41, 5.74) is 4.24. The molecule has 1 aromatic carbocycles. The van der Waals surface area contributed by atoms with Gasteiger partial charge in [-0.05, 0) is 43.7 Å². The molecule has 88 valence electrons. The summed E-state index contributed by atoms with van der Waals surface area (Å²) in [5, 5.41) is 3.57. The number of nitrogens with zero attached hydrogens (tertiary/aromatic N) is 1. The first-order valence-corrected chi connectivity index (χ1v) is 6.26. The Balaban J connectivity index is 2.05. The van der Waals surface area contributed by atoms with Crippen molar-refractivity contribution in [3.05, 3.63) is 29.3 Å². The minimum absolute atomic E-state index is 0.571. The fraction of sp³-hybridized carbons (Fsp3) is 0.571. The van der Waals surface area contributed by atoms with Crippen LogP contribution in [0.3, 0.4) is 0 Å². The van der Waals surface area contributed by atoms with Gasteiger partial charge in [0.2, 0.25) is 0 Å². The van der Waals surface area contributed by atoms with Crippen molar-refractivity contribution < 1.29 is 0 Å². The van der Waals surface area contributed by atoms with E-state index in [0.29, 0.717) is 6.04 Å². The minimum Gasteiger partial charge on any atom is -0.383 e. The summed E-state index contributed by atoms with van der Waals surface area (Å²) in [7, 11) is 2.17. The van der Waals surface area contributed by atoms with E-state index < -0.39 is 0 Å². The molecule has 2 heteroatoms. The average molecular weight is 218 g/mol. The highest BCUT2D eigenvalue weighted by atomic mass is 15.1. The van der Waals surface area contributed by atoms with Gasteiger partial charge in [0.15, 0.2) is 0 Å². The van der Waals surface area contributed by atoms with Gasteiger partial charge in [-0.1, -0.05) is 19.4 Å². The van der Waals surface area contributed by atoms with Gasteiger partial charge < -0.3 is 5.32 Å². The summed E-state index contributed by atoms with van der Waals surface area (Å²) >= 11 is 0. The standard InChI is InChI=1S/C14H22N2/c1-4-5-11(2)15-14-7-6-12-9-16(3)10-13(12)8-14/h6-8,11,15H,4-5,9-10H2,1-3H3. The van der Waals surface area contributed by atoms with Crippen LogP contribution in [0.15, 0.2) is 18.2 Å². The molecule has 2 rings (SSSR count). The number of anilines is 1. The number of hydrogen-bond acceptors (Lipinski definition) is 2. The van der Waals surface area contributed by atoms with Gasteiger partial charge in [-0.15, -0.1) is 0 Å². The zero-order valence-corrected chi connectivity index (χ0v) is 10.6. The van der Waals surface area contributed by atoms with Crippen LogP contribution in [0.4, 0.5) is 5.69 Å². The number of hydrogen-bond donors (Lipinski definition) is 1. The van der Waals surface area contributed by atoms with Crippen LogP contribution >= 0.6 is 0 Å². The predicted octanol–water partition coefficient (Wildman–Crippen LogP) is 3.23. The fourth-order valence-electron chi connectivity index (χ4n) is 2.44. The number of fused-ring (bicyclic) bond motifs is 1. The van der Waals surface area contributed by atoms with Crippen molar-refractivity contribution in [3.63, 3.8) is 0 Å². The molecule has 0 saturated carbocycles. The highest BCUT2D eigenvalue weighted by molar-refractivity contribution is 5.50. The van der Waals surface area contributed by atoms with Gasteiger partial charge in [-0.25, -0.2) is 0 Å². The SMILES string of the molecule is CCCC(C)Nc1ccc2c(c1)CN(C)C2. The molecule has 0 fully saturated rings. The van der Waals surface area contributed by atoms with Crippen LogP contribution in [0.1, 0.15) is 37.8 Å². The molecule has 2 nitrogen and oxygen atoms in total. The molecule has 0 aliphatic carbocycles. The Morgan fingerprint density at radius 2 is 2.06 bits per heavy atom. The van der Waals surface area contributed by atoms with E-state index in [2.05, 4.69) is 49.3 Å². The molecule has 0 amide bonds. The molecule has 1 aliphatic heterocycles. The lowest BCUT2D eigenvalue weighted by atomic mass is 10.1. The quantitative estimate of drug-likeness (QED) is 0.834. The summed E-state index contributed by atoms with van der Waals surface area (Å²) in [4.78, 5) is 2.35.